The molecule has 17 heavy (non-hydrogen) atoms. The van der Waals surface area contributed by atoms with Crippen LogP contribution < -0.4 is 4.72 Å². The second-order valence-corrected chi connectivity index (χ2v) is 12.1. The van der Waals surface area contributed by atoms with Crippen LogP contribution in [0.4, 0.5) is 13.2 Å². The summed E-state index contributed by atoms with van der Waals surface area (Å²) in [5, 5.41) is 0. The number of hydrogen-bond acceptors (Lipinski definition) is 2. The van der Waals surface area contributed by atoms with Crippen LogP contribution in [0.15, 0.2) is 0 Å². The first-order valence-electron chi connectivity index (χ1n) is 5.72. The molecule has 1 aliphatic heterocycles. The summed E-state index contributed by atoms with van der Waals surface area (Å²) in [6.45, 7) is 0.500. The Morgan fingerprint density at radius 2 is 1.76 bits per heavy atom. The van der Waals surface area contributed by atoms with Crippen LogP contribution in [-0.4, -0.2) is 45.1 Å². The van der Waals surface area contributed by atoms with Gasteiger partial charge in [0.25, 0.3) is 0 Å². The Morgan fingerprint density at radius 3 is 2.18 bits per heavy atom. The molecule has 0 aromatic carbocycles. The van der Waals surface area contributed by atoms with Crippen LogP contribution in [0.25, 0.3) is 0 Å². The summed E-state index contributed by atoms with van der Waals surface area (Å²) in [5.41, 5.74) is -0.0490. The fraction of sp³-hybridized carbons (Fsp3) is 1.00. The fourth-order valence-corrected chi connectivity index (χ4v) is 11.3. The van der Waals surface area contributed by atoms with Crippen molar-refractivity contribution in [3.63, 3.8) is 0 Å². The molecule has 3 nitrogen and oxygen atoms in total. The van der Waals surface area contributed by atoms with Gasteiger partial charge in [-0.2, -0.15) is 0 Å². The summed E-state index contributed by atoms with van der Waals surface area (Å²) >= 11 is 0. The molecule has 0 unspecified atom stereocenters. The minimum absolute atomic E-state index is 0.0490. The zero-order valence-electron chi connectivity index (χ0n) is 9.81. The van der Waals surface area contributed by atoms with Gasteiger partial charge in [-0.1, -0.05) is 0 Å². The molecule has 0 bridgehead atoms. The Kier molecular flexibility index (Phi) is 4.83. The average molecular weight is 293 g/mol. The van der Waals surface area contributed by atoms with Crippen molar-refractivity contribution in [3.8, 4) is 0 Å². The summed E-state index contributed by atoms with van der Waals surface area (Å²) in [4.78, 5) is 0. The first-order valence-corrected chi connectivity index (χ1v) is 10.2. The molecule has 0 amide bonds. The first-order chi connectivity index (χ1) is 7.68. The van der Waals surface area contributed by atoms with Crippen molar-refractivity contribution in [2.75, 3.05) is 30.5 Å². The van der Waals surface area contributed by atoms with E-state index >= 15 is 0 Å². The van der Waals surface area contributed by atoms with Gasteiger partial charge in [-0.15, -0.1) is 0 Å². The minimum atomic E-state index is -4.48. The number of hydrogen-bond donors (Lipinski definition) is 1. The van der Waals surface area contributed by atoms with Crippen LogP contribution in [0.3, 0.4) is 0 Å². The van der Waals surface area contributed by atoms with E-state index < -0.39 is 30.0 Å². The van der Waals surface area contributed by atoms with Gasteiger partial charge in [0.2, 0.25) is 0 Å². The van der Waals surface area contributed by atoms with Gasteiger partial charge in [0.1, 0.15) is 0 Å². The fourth-order valence-electron chi connectivity index (χ4n) is 2.37. The van der Waals surface area contributed by atoms with Gasteiger partial charge >= 0.3 is 100 Å². The van der Waals surface area contributed by atoms with Crippen molar-refractivity contribution < 1.29 is 21.6 Å². The van der Waals surface area contributed by atoms with Crippen LogP contribution >= 0.6 is 7.26 Å². The molecule has 0 aromatic heterocycles. The second kappa shape index (κ2) is 5.41. The van der Waals surface area contributed by atoms with Crippen molar-refractivity contribution >= 4 is 17.3 Å². The Hall–Kier alpha value is 0.130. The molecule has 1 rings (SSSR count). The van der Waals surface area contributed by atoms with Gasteiger partial charge in [-0.05, 0) is 0 Å². The maximum absolute atomic E-state index is 12.0. The van der Waals surface area contributed by atoms with E-state index in [-0.39, 0.29) is 5.49 Å². The van der Waals surface area contributed by atoms with Crippen molar-refractivity contribution in [2.24, 2.45) is 0 Å². The molecule has 0 aliphatic carbocycles. The van der Waals surface area contributed by atoms with Gasteiger partial charge in [0.05, 0.1) is 0 Å². The Morgan fingerprint density at radius 1 is 1.24 bits per heavy atom. The molecule has 1 saturated heterocycles. The van der Waals surface area contributed by atoms with Crippen molar-refractivity contribution in [1.82, 2.24) is 4.72 Å². The van der Waals surface area contributed by atoms with Crippen molar-refractivity contribution in [1.29, 1.82) is 0 Å². The standard InChI is InChI=1S/C9H19F3NO2PS/c1-2-16(5-3-4-6-16)8-17(14,15)13-7-9(10,11)12/h13,16H,2-8H2,1H3. The molecule has 0 aromatic rings. The van der Waals surface area contributed by atoms with E-state index in [0.29, 0.717) is 0 Å². The Balaban J connectivity index is 2.59. The molecule has 104 valence electrons. The van der Waals surface area contributed by atoms with Crippen LogP contribution in [-0.2, 0) is 10.0 Å². The summed E-state index contributed by atoms with van der Waals surface area (Å²) in [5.74, 6) is 0. The molecular formula is C9H19F3NO2PS. The predicted octanol–water partition coefficient (Wildman–Crippen LogP) is 1.99. The van der Waals surface area contributed by atoms with E-state index in [2.05, 4.69) is 0 Å². The third-order valence-corrected chi connectivity index (χ3v) is 12.3. The third kappa shape index (κ3) is 5.10. The number of rotatable bonds is 5. The van der Waals surface area contributed by atoms with Gasteiger partial charge < -0.3 is 0 Å². The van der Waals surface area contributed by atoms with Gasteiger partial charge in [-0.3, -0.25) is 0 Å². The number of sulfonamides is 1. The van der Waals surface area contributed by atoms with E-state index in [4.69, 9.17) is 0 Å². The molecule has 1 N–H and O–H groups in total. The van der Waals surface area contributed by atoms with Crippen LogP contribution in [0.1, 0.15) is 19.8 Å². The summed E-state index contributed by atoms with van der Waals surface area (Å²) < 4.78 is 60.8. The normalized spacial score (nSPS) is 22.6. The predicted molar refractivity (Wildman–Crippen MR) is 65.7 cm³/mol. The molecule has 8 heteroatoms. The Bertz CT molecular complexity index is 350. The maximum atomic E-state index is 12.0. The first kappa shape index (κ1) is 15.2. The monoisotopic (exact) mass is 293 g/mol. The zero-order valence-corrected chi connectivity index (χ0v) is 11.6. The summed E-state index contributed by atoms with van der Waals surface area (Å²) in [7, 11) is -5.63. The number of alkyl halides is 3. The van der Waals surface area contributed by atoms with E-state index in [1.165, 1.54) is 0 Å². The molecule has 1 fully saturated rings. The van der Waals surface area contributed by atoms with E-state index in [1.807, 2.05) is 6.92 Å². The molecule has 1 aliphatic rings. The number of halogens is 3. The van der Waals surface area contributed by atoms with Crippen LogP contribution in [0.5, 0.6) is 0 Å². The summed E-state index contributed by atoms with van der Waals surface area (Å²) in [6.07, 6.45) is 0.250. The van der Waals surface area contributed by atoms with Gasteiger partial charge in [-0.25, -0.2) is 0 Å². The topological polar surface area (TPSA) is 46.2 Å². The van der Waals surface area contributed by atoms with Gasteiger partial charge in [0.15, 0.2) is 0 Å². The van der Waals surface area contributed by atoms with Gasteiger partial charge in [0, 0.05) is 0 Å². The van der Waals surface area contributed by atoms with E-state index in [1.54, 1.807) is 4.72 Å². The van der Waals surface area contributed by atoms with Crippen molar-refractivity contribution in [2.45, 2.75) is 25.9 Å². The van der Waals surface area contributed by atoms with E-state index in [9.17, 15) is 21.6 Å². The third-order valence-electron chi connectivity index (χ3n) is 3.40. The molecule has 0 radical (unpaired) electrons. The molecule has 0 atom stereocenters. The molecule has 0 saturated carbocycles. The second-order valence-electron chi connectivity index (χ2n) is 4.76. The number of nitrogens with one attached hydrogen (secondary N) is 1. The SMILES string of the molecule is CC[PH]1(CS(=O)(=O)NCC(F)(F)F)CCCC1. The van der Waals surface area contributed by atoms with E-state index in [0.717, 1.165) is 31.3 Å². The zero-order chi connectivity index (χ0) is 13.2. The Labute approximate surface area is 101 Å². The van der Waals surface area contributed by atoms with Crippen molar-refractivity contribution in [3.05, 3.63) is 0 Å². The van der Waals surface area contributed by atoms with Crippen LogP contribution in [0, 0.1) is 0 Å². The molecule has 1 heterocycles. The summed E-state index contributed by atoms with van der Waals surface area (Å²) in [6, 6.07) is 0. The van der Waals surface area contributed by atoms with Crippen LogP contribution in [0.2, 0.25) is 0 Å². The molecular weight excluding hydrogens is 274 g/mol. The molecule has 0 spiro atoms. The average Bonchev–Trinajstić information content (AvgIpc) is 2.63. The quantitative estimate of drug-likeness (QED) is 0.788.